The molecule has 0 radical (unpaired) electrons. The minimum absolute atomic E-state index is 0.0430. The van der Waals surface area contributed by atoms with Gasteiger partial charge < -0.3 is 10.8 Å². The van der Waals surface area contributed by atoms with Gasteiger partial charge in [0.1, 0.15) is 11.6 Å². The van der Waals surface area contributed by atoms with E-state index in [1.165, 1.54) is 18.2 Å². The summed E-state index contributed by atoms with van der Waals surface area (Å²) in [7, 11) is 0. The molecule has 0 amide bonds. The van der Waals surface area contributed by atoms with Gasteiger partial charge in [-0.25, -0.2) is 4.39 Å². The van der Waals surface area contributed by atoms with E-state index in [0.29, 0.717) is 5.56 Å². The van der Waals surface area contributed by atoms with Gasteiger partial charge >= 0.3 is 0 Å². The lowest BCUT2D eigenvalue weighted by molar-refractivity contribution is 0.461. The van der Waals surface area contributed by atoms with Crippen molar-refractivity contribution in [3.63, 3.8) is 0 Å². The van der Waals surface area contributed by atoms with Crippen LogP contribution in [0.4, 0.5) is 4.39 Å². The molecule has 3 N–H and O–H groups in total. The standard InChI is InChI=1S/C8H10FNO/c1-5(10)7-4-6(9)2-3-8(7)11/h2-5,11H,10H2,1H3. The van der Waals surface area contributed by atoms with E-state index in [-0.39, 0.29) is 17.6 Å². The van der Waals surface area contributed by atoms with Crippen molar-refractivity contribution >= 4 is 0 Å². The highest BCUT2D eigenvalue weighted by Gasteiger charge is 2.05. The SMILES string of the molecule is CC(N)c1cc(F)ccc1O. The van der Waals surface area contributed by atoms with E-state index in [1.54, 1.807) is 6.92 Å². The Labute approximate surface area is 64.5 Å². The number of rotatable bonds is 1. The van der Waals surface area contributed by atoms with Gasteiger partial charge in [-0.1, -0.05) is 0 Å². The van der Waals surface area contributed by atoms with Gasteiger partial charge in [0.15, 0.2) is 0 Å². The molecule has 0 aliphatic carbocycles. The van der Waals surface area contributed by atoms with Gasteiger partial charge in [0.2, 0.25) is 0 Å². The molecule has 0 fully saturated rings. The molecule has 1 unspecified atom stereocenters. The lowest BCUT2D eigenvalue weighted by Crippen LogP contribution is -2.05. The number of nitrogens with two attached hydrogens (primary N) is 1. The van der Waals surface area contributed by atoms with Crippen LogP contribution in [-0.4, -0.2) is 5.11 Å². The van der Waals surface area contributed by atoms with Crippen molar-refractivity contribution < 1.29 is 9.50 Å². The molecule has 0 spiro atoms. The molecular formula is C8H10FNO. The predicted molar refractivity (Wildman–Crippen MR) is 40.7 cm³/mol. The van der Waals surface area contributed by atoms with Crippen LogP contribution in [-0.2, 0) is 0 Å². The summed E-state index contributed by atoms with van der Waals surface area (Å²) in [5.74, 6) is -0.337. The summed E-state index contributed by atoms with van der Waals surface area (Å²) in [6.45, 7) is 1.69. The van der Waals surface area contributed by atoms with Gasteiger partial charge in [0.05, 0.1) is 0 Å². The first kappa shape index (κ1) is 8.01. The molecule has 3 heteroatoms. The molecule has 0 aliphatic rings. The van der Waals surface area contributed by atoms with Gasteiger partial charge in [-0.05, 0) is 25.1 Å². The molecule has 0 bridgehead atoms. The third-order valence-electron chi connectivity index (χ3n) is 1.48. The second-order valence-corrected chi connectivity index (χ2v) is 2.49. The molecule has 0 saturated carbocycles. The fourth-order valence-corrected chi connectivity index (χ4v) is 0.890. The van der Waals surface area contributed by atoms with E-state index in [4.69, 9.17) is 10.8 Å². The zero-order valence-corrected chi connectivity index (χ0v) is 6.21. The number of aromatic hydroxyl groups is 1. The van der Waals surface area contributed by atoms with Gasteiger partial charge in [0, 0.05) is 11.6 Å². The average Bonchev–Trinajstić information content (AvgIpc) is 1.94. The van der Waals surface area contributed by atoms with Gasteiger partial charge in [-0.3, -0.25) is 0 Å². The molecule has 0 heterocycles. The third kappa shape index (κ3) is 1.68. The molecule has 2 nitrogen and oxygen atoms in total. The minimum Gasteiger partial charge on any atom is -0.508 e. The molecule has 1 rings (SSSR count). The molecule has 1 aromatic carbocycles. The average molecular weight is 155 g/mol. The number of hydrogen-bond donors (Lipinski definition) is 2. The van der Waals surface area contributed by atoms with E-state index in [0.717, 1.165) is 0 Å². The highest BCUT2D eigenvalue weighted by Crippen LogP contribution is 2.22. The van der Waals surface area contributed by atoms with Crippen LogP contribution in [0, 0.1) is 5.82 Å². The van der Waals surface area contributed by atoms with Crippen molar-refractivity contribution in [2.24, 2.45) is 5.73 Å². The van der Waals surface area contributed by atoms with Gasteiger partial charge in [-0.15, -0.1) is 0 Å². The van der Waals surface area contributed by atoms with Gasteiger partial charge in [-0.2, -0.15) is 0 Å². The smallest absolute Gasteiger partial charge is 0.123 e. The molecule has 0 saturated heterocycles. The van der Waals surface area contributed by atoms with E-state index in [2.05, 4.69) is 0 Å². The second kappa shape index (κ2) is 2.88. The Balaban J connectivity index is 3.13. The summed E-state index contributed by atoms with van der Waals surface area (Å²) in [6.07, 6.45) is 0. The second-order valence-electron chi connectivity index (χ2n) is 2.49. The summed E-state index contributed by atoms with van der Waals surface area (Å²) >= 11 is 0. The fourth-order valence-electron chi connectivity index (χ4n) is 0.890. The van der Waals surface area contributed by atoms with Crippen molar-refractivity contribution in [1.29, 1.82) is 0 Å². The van der Waals surface area contributed by atoms with Crippen LogP contribution < -0.4 is 5.73 Å². The molecule has 0 aliphatic heterocycles. The topological polar surface area (TPSA) is 46.2 Å². The first-order valence-corrected chi connectivity index (χ1v) is 3.35. The van der Waals surface area contributed by atoms with Crippen LogP contribution in [0.15, 0.2) is 18.2 Å². The summed E-state index contributed by atoms with van der Waals surface area (Å²) in [5, 5.41) is 9.16. The highest BCUT2D eigenvalue weighted by molar-refractivity contribution is 5.34. The number of phenolic OH excluding ortho intramolecular Hbond substituents is 1. The van der Waals surface area contributed by atoms with Gasteiger partial charge in [0.25, 0.3) is 0 Å². The van der Waals surface area contributed by atoms with Crippen LogP contribution in [0.1, 0.15) is 18.5 Å². The van der Waals surface area contributed by atoms with Crippen LogP contribution >= 0.6 is 0 Å². The Bertz CT molecular complexity index is 260. The Morgan fingerprint density at radius 1 is 1.55 bits per heavy atom. The van der Waals surface area contributed by atoms with Crippen LogP contribution in [0.25, 0.3) is 0 Å². The molecule has 1 atom stereocenters. The van der Waals surface area contributed by atoms with E-state index in [1.807, 2.05) is 0 Å². The Kier molecular flexibility index (Phi) is 2.10. The maximum absolute atomic E-state index is 12.5. The molecule has 60 valence electrons. The zero-order chi connectivity index (χ0) is 8.43. The van der Waals surface area contributed by atoms with Crippen LogP contribution in [0.5, 0.6) is 5.75 Å². The van der Waals surface area contributed by atoms with E-state index < -0.39 is 0 Å². The van der Waals surface area contributed by atoms with Crippen molar-refractivity contribution in [2.45, 2.75) is 13.0 Å². The van der Waals surface area contributed by atoms with Crippen molar-refractivity contribution in [3.05, 3.63) is 29.6 Å². The highest BCUT2D eigenvalue weighted by atomic mass is 19.1. The number of halogens is 1. The minimum atomic E-state index is -0.380. The Morgan fingerprint density at radius 2 is 2.18 bits per heavy atom. The number of hydrogen-bond acceptors (Lipinski definition) is 2. The fraction of sp³-hybridized carbons (Fsp3) is 0.250. The molecule has 0 aromatic heterocycles. The van der Waals surface area contributed by atoms with Crippen LogP contribution in [0.3, 0.4) is 0 Å². The lowest BCUT2D eigenvalue weighted by atomic mass is 10.1. The van der Waals surface area contributed by atoms with E-state index in [9.17, 15) is 4.39 Å². The zero-order valence-electron chi connectivity index (χ0n) is 6.21. The van der Waals surface area contributed by atoms with Crippen molar-refractivity contribution in [1.82, 2.24) is 0 Å². The van der Waals surface area contributed by atoms with Crippen LogP contribution in [0.2, 0.25) is 0 Å². The molecular weight excluding hydrogens is 145 g/mol. The van der Waals surface area contributed by atoms with Crippen molar-refractivity contribution in [2.75, 3.05) is 0 Å². The number of phenols is 1. The monoisotopic (exact) mass is 155 g/mol. The first-order chi connectivity index (χ1) is 5.11. The summed E-state index contributed by atoms with van der Waals surface area (Å²) < 4.78 is 12.5. The van der Waals surface area contributed by atoms with Crippen molar-refractivity contribution in [3.8, 4) is 5.75 Å². The largest absolute Gasteiger partial charge is 0.508 e. The number of benzene rings is 1. The normalized spacial score (nSPS) is 13.0. The Hall–Kier alpha value is -1.09. The maximum atomic E-state index is 12.5. The summed E-state index contributed by atoms with van der Waals surface area (Å²) in [5.41, 5.74) is 5.89. The molecule has 11 heavy (non-hydrogen) atoms. The van der Waals surface area contributed by atoms with E-state index >= 15 is 0 Å². The third-order valence-corrected chi connectivity index (χ3v) is 1.48. The molecule has 1 aromatic rings. The lowest BCUT2D eigenvalue weighted by Gasteiger charge is -2.07. The maximum Gasteiger partial charge on any atom is 0.123 e. The summed E-state index contributed by atoms with van der Waals surface area (Å²) in [4.78, 5) is 0. The Morgan fingerprint density at radius 3 is 2.64 bits per heavy atom. The first-order valence-electron chi connectivity index (χ1n) is 3.35. The quantitative estimate of drug-likeness (QED) is 0.646. The summed E-state index contributed by atoms with van der Waals surface area (Å²) in [6, 6.07) is 3.39. The predicted octanol–water partition coefficient (Wildman–Crippen LogP) is 1.55.